The number of thiophene rings is 1. The lowest BCUT2D eigenvalue weighted by Crippen LogP contribution is -2.50. The number of amides is 1. The number of carbonyl (C=O) groups excluding carboxylic acids is 1. The largest absolute Gasteiger partial charge is 0.463 e. The van der Waals surface area contributed by atoms with Crippen LogP contribution in [0.2, 0.25) is 4.34 Å². The predicted octanol–water partition coefficient (Wildman–Crippen LogP) is 3.56. The highest BCUT2D eigenvalue weighted by Gasteiger charge is 2.64. The maximum Gasteiger partial charge on any atom is 0.463 e. The van der Waals surface area contributed by atoms with Crippen LogP contribution in [0.5, 0.6) is 0 Å². The standard InChI is InChI=1S/C9H7ClF5NOS/c1-16(4-5-2-3-6(10)18-5)7(17)8(11,12)9(13,14)15/h2-3H,4H2,1H3. The summed E-state index contributed by atoms with van der Waals surface area (Å²) in [4.78, 5) is 11.8. The first-order valence-corrected chi connectivity index (χ1v) is 5.69. The molecule has 0 aliphatic heterocycles. The molecular weight excluding hydrogens is 301 g/mol. The van der Waals surface area contributed by atoms with E-state index in [1.807, 2.05) is 0 Å². The van der Waals surface area contributed by atoms with Gasteiger partial charge in [0.1, 0.15) is 0 Å². The van der Waals surface area contributed by atoms with E-state index in [2.05, 4.69) is 0 Å². The van der Waals surface area contributed by atoms with Crippen molar-refractivity contribution in [2.45, 2.75) is 18.6 Å². The second kappa shape index (κ2) is 5.00. The third kappa shape index (κ3) is 3.11. The number of halogens is 6. The summed E-state index contributed by atoms with van der Waals surface area (Å²) in [5.74, 6) is -7.68. The Morgan fingerprint density at radius 2 is 1.89 bits per heavy atom. The first-order valence-electron chi connectivity index (χ1n) is 4.50. The van der Waals surface area contributed by atoms with Crippen LogP contribution in [0.15, 0.2) is 12.1 Å². The van der Waals surface area contributed by atoms with E-state index < -0.39 is 18.0 Å². The lowest BCUT2D eigenvalue weighted by Gasteiger charge is -2.24. The molecule has 0 spiro atoms. The highest BCUT2D eigenvalue weighted by Crippen LogP contribution is 2.37. The summed E-state index contributed by atoms with van der Waals surface area (Å²) in [5.41, 5.74) is 0. The second-order valence-corrected chi connectivity index (χ2v) is 5.24. The fourth-order valence-corrected chi connectivity index (χ4v) is 2.24. The summed E-state index contributed by atoms with van der Waals surface area (Å²) in [6.07, 6.45) is -5.90. The van der Waals surface area contributed by atoms with Crippen LogP contribution in [0.3, 0.4) is 0 Å². The number of hydrogen-bond acceptors (Lipinski definition) is 2. The average Bonchev–Trinajstić information content (AvgIpc) is 2.61. The highest BCUT2D eigenvalue weighted by molar-refractivity contribution is 7.16. The van der Waals surface area contributed by atoms with Gasteiger partial charge in [-0.15, -0.1) is 11.3 Å². The molecule has 0 fully saturated rings. The summed E-state index contributed by atoms with van der Waals surface area (Å²) in [5, 5.41) is 0. The minimum Gasteiger partial charge on any atom is -0.335 e. The Balaban J connectivity index is 2.79. The minimum absolute atomic E-state index is 0.315. The van der Waals surface area contributed by atoms with E-state index in [0.717, 1.165) is 18.4 Å². The number of rotatable bonds is 3. The molecule has 0 aromatic carbocycles. The van der Waals surface area contributed by atoms with Crippen molar-refractivity contribution >= 4 is 28.8 Å². The molecule has 0 atom stereocenters. The SMILES string of the molecule is CN(Cc1ccc(Cl)s1)C(=O)C(F)(F)C(F)(F)F. The van der Waals surface area contributed by atoms with E-state index in [1.54, 1.807) is 0 Å². The molecule has 1 aromatic heterocycles. The maximum atomic E-state index is 12.7. The molecule has 0 unspecified atom stereocenters. The molecule has 0 bridgehead atoms. The third-order valence-corrected chi connectivity index (χ3v) is 3.21. The normalized spacial score (nSPS) is 12.6. The smallest absolute Gasteiger partial charge is 0.335 e. The molecule has 0 aliphatic carbocycles. The van der Waals surface area contributed by atoms with Crippen LogP contribution in [-0.4, -0.2) is 30.0 Å². The Labute approximate surface area is 108 Å². The van der Waals surface area contributed by atoms with Crippen molar-refractivity contribution in [3.8, 4) is 0 Å². The number of nitrogens with zero attached hydrogens (tertiary/aromatic N) is 1. The first-order chi connectivity index (χ1) is 8.05. The van der Waals surface area contributed by atoms with E-state index in [0.29, 0.717) is 14.1 Å². The quantitative estimate of drug-likeness (QED) is 0.782. The van der Waals surface area contributed by atoms with E-state index in [-0.39, 0.29) is 6.54 Å². The molecule has 0 radical (unpaired) electrons. The highest BCUT2D eigenvalue weighted by atomic mass is 35.5. The summed E-state index contributed by atoms with van der Waals surface area (Å²) in [6.45, 7) is -0.359. The third-order valence-electron chi connectivity index (χ3n) is 1.99. The van der Waals surface area contributed by atoms with Crippen molar-refractivity contribution in [2.24, 2.45) is 0 Å². The lowest BCUT2D eigenvalue weighted by atomic mass is 10.2. The molecule has 0 aliphatic rings. The summed E-state index contributed by atoms with van der Waals surface area (Å²) >= 11 is 6.57. The van der Waals surface area contributed by atoms with Crippen LogP contribution in [0.25, 0.3) is 0 Å². The van der Waals surface area contributed by atoms with Gasteiger partial charge in [0.15, 0.2) is 0 Å². The van der Waals surface area contributed by atoms with Gasteiger partial charge in [0.25, 0.3) is 0 Å². The van der Waals surface area contributed by atoms with Gasteiger partial charge in [0.2, 0.25) is 0 Å². The summed E-state index contributed by atoms with van der Waals surface area (Å²) < 4.78 is 61.8. The van der Waals surface area contributed by atoms with Gasteiger partial charge in [0, 0.05) is 11.9 Å². The molecule has 1 heterocycles. The molecule has 0 N–H and O–H groups in total. The number of alkyl halides is 5. The molecule has 0 saturated heterocycles. The number of carbonyl (C=O) groups is 1. The zero-order chi connectivity index (χ0) is 14.1. The van der Waals surface area contributed by atoms with Crippen molar-refractivity contribution < 1.29 is 26.7 Å². The van der Waals surface area contributed by atoms with Gasteiger partial charge in [-0.3, -0.25) is 4.79 Å². The molecule has 1 aromatic rings. The van der Waals surface area contributed by atoms with Crippen LogP contribution in [0.4, 0.5) is 22.0 Å². The molecular formula is C9H7ClF5NOS. The summed E-state index contributed by atoms with van der Waals surface area (Å²) in [7, 11) is 0.871. The van der Waals surface area contributed by atoms with Gasteiger partial charge in [-0.2, -0.15) is 22.0 Å². The zero-order valence-corrected chi connectivity index (χ0v) is 10.5. The Hall–Kier alpha value is -0.890. The van der Waals surface area contributed by atoms with Crippen LogP contribution in [0.1, 0.15) is 4.88 Å². The Morgan fingerprint density at radius 1 is 1.33 bits per heavy atom. The van der Waals surface area contributed by atoms with Gasteiger partial charge < -0.3 is 4.90 Å². The Bertz CT molecular complexity index is 444. The molecule has 9 heteroatoms. The van der Waals surface area contributed by atoms with Crippen LogP contribution in [-0.2, 0) is 11.3 Å². The zero-order valence-electron chi connectivity index (χ0n) is 8.89. The number of hydrogen-bond donors (Lipinski definition) is 0. The summed E-state index contributed by atoms with van der Waals surface area (Å²) in [6, 6.07) is 2.91. The second-order valence-electron chi connectivity index (χ2n) is 3.44. The average molecular weight is 308 g/mol. The topological polar surface area (TPSA) is 20.3 Å². The van der Waals surface area contributed by atoms with E-state index in [4.69, 9.17) is 11.6 Å². The van der Waals surface area contributed by atoms with E-state index in [1.165, 1.54) is 12.1 Å². The fourth-order valence-electron chi connectivity index (χ4n) is 1.10. The van der Waals surface area contributed by atoms with E-state index in [9.17, 15) is 26.7 Å². The molecule has 102 valence electrons. The van der Waals surface area contributed by atoms with Crippen molar-refractivity contribution in [1.29, 1.82) is 0 Å². The minimum atomic E-state index is -5.90. The predicted molar refractivity (Wildman–Crippen MR) is 56.8 cm³/mol. The lowest BCUT2D eigenvalue weighted by molar-refractivity contribution is -0.274. The first kappa shape index (κ1) is 15.2. The van der Waals surface area contributed by atoms with Crippen molar-refractivity contribution in [2.75, 3.05) is 7.05 Å². The van der Waals surface area contributed by atoms with Gasteiger partial charge in [-0.25, -0.2) is 0 Å². The maximum absolute atomic E-state index is 12.7. The Kier molecular flexibility index (Phi) is 4.22. The molecule has 0 saturated carbocycles. The van der Waals surface area contributed by atoms with E-state index >= 15 is 0 Å². The van der Waals surface area contributed by atoms with Crippen LogP contribution in [0, 0.1) is 0 Å². The van der Waals surface area contributed by atoms with Gasteiger partial charge >= 0.3 is 18.0 Å². The monoisotopic (exact) mass is 307 g/mol. The molecule has 1 amide bonds. The van der Waals surface area contributed by atoms with Crippen molar-refractivity contribution in [3.63, 3.8) is 0 Å². The van der Waals surface area contributed by atoms with Gasteiger partial charge in [-0.05, 0) is 12.1 Å². The van der Waals surface area contributed by atoms with Crippen molar-refractivity contribution in [1.82, 2.24) is 4.90 Å². The fraction of sp³-hybridized carbons (Fsp3) is 0.444. The van der Waals surface area contributed by atoms with Gasteiger partial charge in [-0.1, -0.05) is 11.6 Å². The van der Waals surface area contributed by atoms with Crippen LogP contribution >= 0.6 is 22.9 Å². The molecule has 2 nitrogen and oxygen atoms in total. The Morgan fingerprint density at radius 3 is 2.28 bits per heavy atom. The van der Waals surface area contributed by atoms with Crippen molar-refractivity contribution in [3.05, 3.63) is 21.3 Å². The van der Waals surface area contributed by atoms with Crippen LogP contribution < -0.4 is 0 Å². The molecule has 18 heavy (non-hydrogen) atoms. The van der Waals surface area contributed by atoms with Gasteiger partial charge in [0.05, 0.1) is 10.9 Å². The molecule has 1 rings (SSSR count).